The normalized spacial score (nSPS) is 14.2. The minimum absolute atomic E-state index is 0.0770. The molecule has 2 aromatic carbocycles. The molecule has 0 spiro atoms. The number of aryl methyl sites for hydroxylation is 2. The van der Waals surface area contributed by atoms with E-state index < -0.39 is 0 Å². The van der Waals surface area contributed by atoms with Crippen LogP contribution in [0.5, 0.6) is 0 Å². The number of benzene rings is 2. The molecule has 1 aliphatic carbocycles. The van der Waals surface area contributed by atoms with Gasteiger partial charge in [0.15, 0.2) is 0 Å². The van der Waals surface area contributed by atoms with Crippen LogP contribution in [0, 0.1) is 13.8 Å². The molecule has 154 valence electrons. The summed E-state index contributed by atoms with van der Waals surface area (Å²) in [5.41, 5.74) is 7.35. The van der Waals surface area contributed by atoms with Crippen LogP contribution in [0.3, 0.4) is 0 Å². The fourth-order valence-corrected chi connectivity index (χ4v) is 4.07. The first-order valence-corrected chi connectivity index (χ1v) is 10.4. The number of aromatic nitrogens is 2. The first-order valence-electron chi connectivity index (χ1n) is 10.4. The summed E-state index contributed by atoms with van der Waals surface area (Å²) < 4.78 is 10.7. The van der Waals surface area contributed by atoms with Crippen molar-refractivity contribution in [1.29, 1.82) is 0 Å². The lowest BCUT2D eigenvalue weighted by Crippen LogP contribution is -2.10. The fraction of sp³-hybridized carbons (Fsp3) is 0.192. The molecule has 5 nitrogen and oxygen atoms in total. The Kier molecular flexibility index (Phi) is 4.86. The van der Waals surface area contributed by atoms with Gasteiger partial charge in [-0.05, 0) is 55.5 Å². The van der Waals surface area contributed by atoms with Gasteiger partial charge in [-0.15, -0.1) is 0 Å². The Labute approximate surface area is 180 Å². The van der Waals surface area contributed by atoms with Gasteiger partial charge >= 0.3 is 5.97 Å². The van der Waals surface area contributed by atoms with E-state index in [2.05, 4.69) is 42.4 Å². The van der Waals surface area contributed by atoms with Crippen LogP contribution in [0.15, 0.2) is 59.1 Å². The van der Waals surface area contributed by atoms with Crippen molar-refractivity contribution in [3.8, 4) is 0 Å². The van der Waals surface area contributed by atoms with Crippen molar-refractivity contribution in [3.63, 3.8) is 0 Å². The van der Waals surface area contributed by atoms with Crippen LogP contribution in [0.4, 0.5) is 0 Å². The number of nitrogens with zero attached hydrogens (tertiary/aromatic N) is 2. The number of hydrogen-bond donors (Lipinski definition) is 0. The zero-order valence-corrected chi connectivity index (χ0v) is 17.5. The lowest BCUT2D eigenvalue weighted by Gasteiger charge is -2.12. The Hall–Kier alpha value is -3.73. The third-order valence-electron chi connectivity index (χ3n) is 5.59. The Morgan fingerprint density at radius 2 is 1.90 bits per heavy atom. The van der Waals surface area contributed by atoms with Gasteiger partial charge in [0.2, 0.25) is 0 Å². The summed E-state index contributed by atoms with van der Waals surface area (Å²) >= 11 is 0. The van der Waals surface area contributed by atoms with Gasteiger partial charge in [-0.25, -0.2) is 9.78 Å². The summed E-state index contributed by atoms with van der Waals surface area (Å²) in [4.78, 5) is 18.1. The lowest BCUT2D eigenvalue weighted by molar-refractivity contribution is 0.0465. The third-order valence-corrected chi connectivity index (χ3v) is 5.59. The molecular weight excluding hydrogens is 388 g/mol. The van der Waals surface area contributed by atoms with E-state index in [1.807, 2.05) is 31.2 Å². The fourth-order valence-electron chi connectivity index (χ4n) is 4.07. The van der Waals surface area contributed by atoms with Crippen LogP contribution in [0.2, 0.25) is 0 Å². The molecular formula is C26H22N2O3. The van der Waals surface area contributed by atoms with E-state index in [0.717, 1.165) is 46.1 Å². The summed E-state index contributed by atoms with van der Waals surface area (Å²) in [5, 5.41) is 4.73. The third kappa shape index (κ3) is 3.75. The molecule has 4 aromatic rings. The van der Waals surface area contributed by atoms with E-state index in [9.17, 15) is 4.79 Å². The summed E-state index contributed by atoms with van der Waals surface area (Å²) in [6, 6.07) is 17.9. The van der Waals surface area contributed by atoms with E-state index >= 15 is 0 Å². The van der Waals surface area contributed by atoms with Crippen LogP contribution in [0.25, 0.3) is 22.6 Å². The van der Waals surface area contributed by atoms with Gasteiger partial charge in [-0.2, -0.15) is 0 Å². The molecule has 0 bridgehead atoms. The Morgan fingerprint density at radius 3 is 2.68 bits per heavy atom. The molecule has 31 heavy (non-hydrogen) atoms. The molecule has 0 atom stereocenters. The van der Waals surface area contributed by atoms with E-state index in [1.54, 1.807) is 6.07 Å². The van der Waals surface area contributed by atoms with Crippen molar-refractivity contribution in [2.24, 2.45) is 0 Å². The number of ether oxygens (including phenoxy) is 1. The summed E-state index contributed by atoms with van der Waals surface area (Å²) in [6.45, 7) is 3.96. The maximum absolute atomic E-state index is 13.2. The number of carbonyl (C=O) groups excluding carboxylic acids is 1. The summed E-state index contributed by atoms with van der Waals surface area (Å²) in [6.07, 6.45) is 3.77. The number of rotatable bonds is 4. The minimum atomic E-state index is -0.355. The zero-order valence-electron chi connectivity index (χ0n) is 17.5. The second-order valence-electron chi connectivity index (χ2n) is 7.92. The molecule has 0 unspecified atom stereocenters. The number of carbonyl (C=O) groups is 1. The molecule has 5 heteroatoms. The molecule has 2 heterocycles. The smallest absolute Gasteiger partial charge is 0.339 e. The second kappa shape index (κ2) is 7.84. The SMILES string of the molecule is Cc1ccc(/C=C2\CCc3c2nc2ccccc2c3C(=O)OCc2cc(C)on2)cc1. The molecule has 0 fully saturated rings. The van der Waals surface area contributed by atoms with Gasteiger partial charge in [0, 0.05) is 11.5 Å². The van der Waals surface area contributed by atoms with Crippen molar-refractivity contribution in [2.45, 2.75) is 33.3 Å². The largest absolute Gasteiger partial charge is 0.455 e. The van der Waals surface area contributed by atoms with E-state index in [1.165, 1.54) is 5.56 Å². The number of hydrogen-bond acceptors (Lipinski definition) is 5. The van der Waals surface area contributed by atoms with E-state index in [0.29, 0.717) is 17.0 Å². The predicted octanol–water partition coefficient (Wildman–Crippen LogP) is 5.68. The number of allylic oxidation sites excluding steroid dienone is 1. The van der Waals surface area contributed by atoms with Gasteiger partial charge < -0.3 is 9.26 Å². The number of esters is 1. The van der Waals surface area contributed by atoms with E-state index in [-0.39, 0.29) is 12.6 Å². The summed E-state index contributed by atoms with van der Waals surface area (Å²) in [5.74, 6) is 0.333. The maximum Gasteiger partial charge on any atom is 0.339 e. The molecule has 0 aliphatic heterocycles. The summed E-state index contributed by atoms with van der Waals surface area (Å²) in [7, 11) is 0. The second-order valence-corrected chi connectivity index (χ2v) is 7.92. The van der Waals surface area contributed by atoms with Gasteiger partial charge in [-0.3, -0.25) is 0 Å². The molecule has 1 aliphatic rings. The molecule has 5 rings (SSSR count). The van der Waals surface area contributed by atoms with Gasteiger partial charge in [0.1, 0.15) is 18.1 Å². The van der Waals surface area contributed by atoms with Crippen LogP contribution < -0.4 is 0 Å². The van der Waals surface area contributed by atoms with Gasteiger partial charge in [-0.1, -0.05) is 53.2 Å². The number of pyridine rings is 1. The Bertz CT molecular complexity index is 1320. The average Bonchev–Trinajstić information content (AvgIpc) is 3.37. The van der Waals surface area contributed by atoms with Crippen molar-refractivity contribution in [2.75, 3.05) is 0 Å². The molecule has 0 saturated carbocycles. The number of para-hydroxylation sites is 1. The average molecular weight is 410 g/mol. The minimum Gasteiger partial charge on any atom is -0.455 e. The highest BCUT2D eigenvalue weighted by Crippen LogP contribution is 2.37. The molecule has 0 radical (unpaired) electrons. The van der Waals surface area contributed by atoms with Gasteiger partial charge in [0.25, 0.3) is 0 Å². The van der Waals surface area contributed by atoms with Crippen LogP contribution in [-0.4, -0.2) is 16.1 Å². The highest BCUT2D eigenvalue weighted by molar-refractivity contribution is 6.07. The van der Waals surface area contributed by atoms with Crippen LogP contribution in [0.1, 0.15) is 50.6 Å². The first-order chi connectivity index (χ1) is 15.1. The lowest BCUT2D eigenvalue weighted by atomic mass is 10.0. The Morgan fingerprint density at radius 1 is 1.10 bits per heavy atom. The predicted molar refractivity (Wildman–Crippen MR) is 119 cm³/mol. The highest BCUT2D eigenvalue weighted by Gasteiger charge is 2.27. The monoisotopic (exact) mass is 410 g/mol. The highest BCUT2D eigenvalue weighted by atomic mass is 16.5. The molecule has 0 N–H and O–H groups in total. The molecule has 2 aromatic heterocycles. The zero-order chi connectivity index (χ0) is 21.4. The standard InChI is InChI=1S/C26H22N2O3/c1-16-7-9-18(10-8-16)14-19-11-12-22-24(21-5-3-4-6-23(21)27-25(19)22)26(29)30-15-20-13-17(2)31-28-20/h3-10,13-14H,11-12,15H2,1-2H3/b19-14+. The topological polar surface area (TPSA) is 65.2 Å². The van der Waals surface area contributed by atoms with Crippen molar-refractivity contribution in [1.82, 2.24) is 10.1 Å². The number of fused-ring (bicyclic) bond motifs is 2. The molecule has 0 saturated heterocycles. The first kappa shape index (κ1) is 19.2. The van der Waals surface area contributed by atoms with Crippen LogP contribution in [-0.2, 0) is 17.8 Å². The van der Waals surface area contributed by atoms with Crippen molar-refractivity contribution < 1.29 is 14.1 Å². The van der Waals surface area contributed by atoms with Crippen molar-refractivity contribution in [3.05, 3.63) is 94.0 Å². The Balaban J connectivity index is 1.55. The van der Waals surface area contributed by atoms with Gasteiger partial charge in [0.05, 0.1) is 16.8 Å². The van der Waals surface area contributed by atoms with Crippen LogP contribution >= 0.6 is 0 Å². The molecule has 0 amide bonds. The van der Waals surface area contributed by atoms with E-state index in [4.69, 9.17) is 14.2 Å². The quantitative estimate of drug-likeness (QED) is 0.405. The maximum atomic E-state index is 13.2. The van der Waals surface area contributed by atoms with Crippen molar-refractivity contribution >= 4 is 28.5 Å².